The molecular weight excluding hydrogens is 338 g/mol. The van der Waals surface area contributed by atoms with Crippen LogP contribution in [0, 0.1) is 6.92 Å². The third kappa shape index (κ3) is 5.21. The Kier molecular flexibility index (Phi) is 6.45. The predicted molar refractivity (Wildman–Crippen MR) is 98.9 cm³/mol. The van der Waals surface area contributed by atoms with Crippen molar-refractivity contribution in [1.82, 2.24) is 4.72 Å². The molecule has 0 saturated carbocycles. The number of benzene rings is 2. The molecule has 6 heteroatoms. The molecule has 5 nitrogen and oxygen atoms in total. The topological polar surface area (TPSA) is 64.6 Å². The third-order valence-corrected chi connectivity index (χ3v) is 5.30. The standard InChI is InChI=1S/C19H25NO4S/c1-14(2)16-6-8-17(9-7-16)24-12-11-20-25(21,22)19-13-15(3)5-10-18(19)23-4/h5-10,13-14,20H,11-12H2,1-4H3. The van der Waals surface area contributed by atoms with Gasteiger partial charge in [0.2, 0.25) is 10.0 Å². The van der Waals surface area contributed by atoms with Crippen molar-refractivity contribution in [2.45, 2.75) is 31.6 Å². The first-order valence-corrected chi connectivity index (χ1v) is 9.69. The van der Waals surface area contributed by atoms with Crippen molar-refractivity contribution in [3.05, 3.63) is 53.6 Å². The zero-order chi connectivity index (χ0) is 18.4. The van der Waals surface area contributed by atoms with Gasteiger partial charge in [-0.05, 0) is 48.2 Å². The summed E-state index contributed by atoms with van der Waals surface area (Å²) in [6.07, 6.45) is 0. The molecule has 0 fully saturated rings. The molecule has 0 atom stereocenters. The molecule has 1 N–H and O–H groups in total. The summed E-state index contributed by atoms with van der Waals surface area (Å²) in [7, 11) is -2.20. The maximum Gasteiger partial charge on any atom is 0.244 e. The first-order chi connectivity index (χ1) is 11.8. The normalized spacial score (nSPS) is 11.6. The summed E-state index contributed by atoms with van der Waals surface area (Å²) in [6, 6.07) is 12.9. The number of methoxy groups -OCH3 is 1. The lowest BCUT2D eigenvalue weighted by atomic mass is 10.0. The van der Waals surface area contributed by atoms with Crippen LogP contribution in [-0.2, 0) is 10.0 Å². The van der Waals surface area contributed by atoms with Crippen molar-refractivity contribution in [2.75, 3.05) is 20.3 Å². The Morgan fingerprint density at radius 1 is 1.08 bits per heavy atom. The molecule has 0 saturated heterocycles. The van der Waals surface area contributed by atoms with Gasteiger partial charge in [-0.15, -0.1) is 0 Å². The number of hydrogen-bond acceptors (Lipinski definition) is 4. The lowest BCUT2D eigenvalue weighted by Crippen LogP contribution is -2.28. The summed E-state index contributed by atoms with van der Waals surface area (Å²) in [5.41, 5.74) is 2.09. The summed E-state index contributed by atoms with van der Waals surface area (Å²) in [6.45, 7) is 6.51. The minimum absolute atomic E-state index is 0.135. The van der Waals surface area contributed by atoms with Gasteiger partial charge in [-0.25, -0.2) is 13.1 Å². The highest BCUT2D eigenvalue weighted by molar-refractivity contribution is 7.89. The van der Waals surface area contributed by atoms with Crippen LogP contribution in [0.1, 0.15) is 30.9 Å². The Bertz CT molecular complexity index is 799. The molecule has 2 aromatic rings. The van der Waals surface area contributed by atoms with Gasteiger partial charge in [0.25, 0.3) is 0 Å². The molecule has 0 unspecified atom stereocenters. The van der Waals surface area contributed by atoms with E-state index in [2.05, 4.69) is 18.6 Å². The second-order valence-electron chi connectivity index (χ2n) is 6.12. The zero-order valence-corrected chi connectivity index (χ0v) is 15.9. The number of ether oxygens (including phenoxy) is 2. The molecule has 0 amide bonds. The van der Waals surface area contributed by atoms with Crippen LogP contribution in [0.4, 0.5) is 0 Å². The van der Waals surface area contributed by atoms with E-state index in [1.54, 1.807) is 12.1 Å². The number of hydrogen-bond donors (Lipinski definition) is 1. The lowest BCUT2D eigenvalue weighted by molar-refractivity contribution is 0.322. The van der Waals surface area contributed by atoms with Crippen molar-refractivity contribution >= 4 is 10.0 Å². The van der Waals surface area contributed by atoms with E-state index < -0.39 is 10.0 Å². The number of sulfonamides is 1. The van der Waals surface area contributed by atoms with Crippen molar-refractivity contribution < 1.29 is 17.9 Å². The maximum absolute atomic E-state index is 12.4. The van der Waals surface area contributed by atoms with Crippen molar-refractivity contribution in [1.29, 1.82) is 0 Å². The van der Waals surface area contributed by atoms with Gasteiger partial charge in [-0.3, -0.25) is 0 Å². The average Bonchev–Trinajstić information content (AvgIpc) is 2.59. The molecule has 0 radical (unpaired) electrons. The van der Waals surface area contributed by atoms with Gasteiger partial charge in [0.15, 0.2) is 0 Å². The first kappa shape index (κ1) is 19.3. The molecular formula is C19H25NO4S. The predicted octanol–water partition coefficient (Wildman–Crippen LogP) is 3.48. The molecule has 136 valence electrons. The zero-order valence-electron chi connectivity index (χ0n) is 15.1. The Hall–Kier alpha value is -2.05. The number of nitrogens with one attached hydrogen (secondary N) is 1. The van der Waals surface area contributed by atoms with Crippen LogP contribution in [0.3, 0.4) is 0 Å². The smallest absolute Gasteiger partial charge is 0.244 e. The van der Waals surface area contributed by atoms with E-state index in [0.29, 0.717) is 11.7 Å². The van der Waals surface area contributed by atoms with E-state index in [1.807, 2.05) is 37.3 Å². The molecule has 0 spiro atoms. The second-order valence-corrected chi connectivity index (χ2v) is 7.86. The van der Waals surface area contributed by atoms with E-state index in [4.69, 9.17) is 9.47 Å². The van der Waals surface area contributed by atoms with Gasteiger partial charge in [-0.2, -0.15) is 0 Å². The molecule has 0 aromatic heterocycles. The minimum Gasteiger partial charge on any atom is -0.495 e. The molecule has 25 heavy (non-hydrogen) atoms. The Morgan fingerprint density at radius 3 is 2.36 bits per heavy atom. The Balaban J connectivity index is 1.93. The fraction of sp³-hybridized carbons (Fsp3) is 0.368. The highest BCUT2D eigenvalue weighted by Gasteiger charge is 2.19. The van der Waals surface area contributed by atoms with E-state index in [0.717, 1.165) is 11.3 Å². The maximum atomic E-state index is 12.4. The van der Waals surface area contributed by atoms with Crippen molar-refractivity contribution in [2.24, 2.45) is 0 Å². The monoisotopic (exact) mass is 363 g/mol. The van der Waals surface area contributed by atoms with E-state index >= 15 is 0 Å². The highest BCUT2D eigenvalue weighted by atomic mass is 32.2. The van der Waals surface area contributed by atoms with Crippen molar-refractivity contribution in [3.8, 4) is 11.5 Å². The molecule has 0 heterocycles. The fourth-order valence-electron chi connectivity index (χ4n) is 2.37. The summed E-state index contributed by atoms with van der Waals surface area (Å²) in [4.78, 5) is 0.135. The molecule has 0 aliphatic heterocycles. The number of rotatable bonds is 8. The Morgan fingerprint density at radius 2 is 1.76 bits per heavy atom. The molecule has 2 rings (SSSR count). The van der Waals surface area contributed by atoms with E-state index in [9.17, 15) is 8.42 Å². The van der Waals surface area contributed by atoms with Crippen LogP contribution >= 0.6 is 0 Å². The van der Waals surface area contributed by atoms with Gasteiger partial charge < -0.3 is 9.47 Å². The Labute approximate surface area is 150 Å². The molecule has 0 bridgehead atoms. The van der Waals surface area contributed by atoms with Crippen LogP contribution < -0.4 is 14.2 Å². The summed E-state index contributed by atoms with van der Waals surface area (Å²) in [5, 5.41) is 0. The molecule has 0 aliphatic carbocycles. The quantitative estimate of drug-likeness (QED) is 0.729. The van der Waals surface area contributed by atoms with Crippen LogP contribution in [0.2, 0.25) is 0 Å². The van der Waals surface area contributed by atoms with Crippen LogP contribution in [0.5, 0.6) is 11.5 Å². The van der Waals surface area contributed by atoms with E-state index in [1.165, 1.54) is 12.7 Å². The average molecular weight is 363 g/mol. The minimum atomic E-state index is -3.65. The van der Waals surface area contributed by atoms with Gasteiger partial charge in [0, 0.05) is 6.54 Å². The van der Waals surface area contributed by atoms with Gasteiger partial charge in [-0.1, -0.05) is 32.0 Å². The van der Waals surface area contributed by atoms with Crippen LogP contribution in [-0.4, -0.2) is 28.7 Å². The largest absolute Gasteiger partial charge is 0.495 e. The summed E-state index contributed by atoms with van der Waals surface area (Å²) < 4.78 is 38.2. The first-order valence-electron chi connectivity index (χ1n) is 8.20. The fourth-order valence-corrected chi connectivity index (χ4v) is 3.63. The molecule has 2 aromatic carbocycles. The van der Waals surface area contributed by atoms with Gasteiger partial charge in [0.1, 0.15) is 23.0 Å². The van der Waals surface area contributed by atoms with Crippen LogP contribution in [0.15, 0.2) is 47.4 Å². The third-order valence-electron chi connectivity index (χ3n) is 3.82. The second kappa shape index (κ2) is 8.36. The lowest BCUT2D eigenvalue weighted by Gasteiger charge is -2.12. The molecule has 0 aliphatic rings. The summed E-state index contributed by atoms with van der Waals surface area (Å²) >= 11 is 0. The summed E-state index contributed by atoms with van der Waals surface area (Å²) in [5.74, 6) is 1.50. The van der Waals surface area contributed by atoms with Crippen molar-refractivity contribution in [3.63, 3.8) is 0 Å². The SMILES string of the molecule is COc1ccc(C)cc1S(=O)(=O)NCCOc1ccc(C(C)C)cc1. The van der Waals surface area contributed by atoms with Gasteiger partial charge >= 0.3 is 0 Å². The van der Waals surface area contributed by atoms with Crippen LogP contribution in [0.25, 0.3) is 0 Å². The number of aryl methyl sites for hydroxylation is 1. The van der Waals surface area contributed by atoms with Gasteiger partial charge in [0.05, 0.1) is 7.11 Å². The van der Waals surface area contributed by atoms with E-state index in [-0.39, 0.29) is 18.0 Å². The highest BCUT2D eigenvalue weighted by Crippen LogP contribution is 2.24.